The summed E-state index contributed by atoms with van der Waals surface area (Å²) in [6.45, 7) is 4.23. The lowest BCUT2D eigenvalue weighted by atomic mass is 9.86. The quantitative estimate of drug-likeness (QED) is 0.307. The number of aryl methyl sites for hydroxylation is 1. The predicted octanol–water partition coefficient (Wildman–Crippen LogP) is 4.87. The van der Waals surface area contributed by atoms with Gasteiger partial charge in [0.1, 0.15) is 11.5 Å². The molecule has 12 heteroatoms. The van der Waals surface area contributed by atoms with Crippen LogP contribution in [0.5, 0.6) is 0 Å². The summed E-state index contributed by atoms with van der Waals surface area (Å²) in [5.74, 6) is -1.52. The number of carbonyl (C=O) groups is 2. The molecule has 0 radical (unpaired) electrons. The summed E-state index contributed by atoms with van der Waals surface area (Å²) in [4.78, 5) is 34.1. The van der Waals surface area contributed by atoms with Gasteiger partial charge >= 0.3 is 0 Å². The molecule has 44 heavy (non-hydrogen) atoms. The third-order valence-corrected chi connectivity index (χ3v) is 8.94. The Morgan fingerprint density at radius 2 is 1.89 bits per heavy atom. The molecule has 2 amide bonds. The maximum atomic E-state index is 16.4. The topological polar surface area (TPSA) is 89.5 Å². The number of H-pyrrole nitrogens is 1. The van der Waals surface area contributed by atoms with E-state index >= 15 is 8.78 Å². The fraction of sp³-hybridized carbons (Fsp3) is 0.406. The Hall–Kier alpha value is -3.96. The highest BCUT2D eigenvalue weighted by Gasteiger charge is 2.30. The molecule has 2 aliphatic heterocycles. The normalized spacial score (nSPS) is 17.3. The number of rotatable bonds is 7. The maximum absolute atomic E-state index is 16.4. The van der Waals surface area contributed by atoms with E-state index in [0.29, 0.717) is 78.4 Å². The van der Waals surface area contributed by atoms with Gasteiger partial charge in [0, 0.05) is 95.6 Å². The molecule has 0 saturated carbocycles. The van der Waals surface area contributed by atoms with Crippen LogP contribution in [0, 0.1) is 11.6 Å². The minimum atomic E-state index is -0.480. The second-order valence-corrected chi connectivity index (χ2v) is 12.1. The summed E-state index contributed by atoms with van der Waals surface area (Å²) in [5, 5.41) is 8.21. The number of piperazine rings is 1. The van der Waals surface area contributed by atoms with Crippen molar-refractivity contribution >= 4 is 40.0 Å². The first kappa shape index (κ1) is 30.1. The van der Waals surface area contributed by atoms with Gasteiger partial charge in [-0.2, -0.15) is 5.10 Å². The molecule has 0 unspecified atom stereocenters. The molecule has 2 saturated heterocycles. The van der Waals surface area contributed by atoms with Crippen molar-refractivity contribution in [2.24, 2.45) is 0 Å². The summed E-state index contributed by atoms with van der Waals surface area (Å²) in [6.07, 6.45) is 5.18. The summed E-state index contributed by atoms with van der Waals surface area (Å²) in [6, 6.07) is 8.17. The van der Waals surface area contributed by atoms with Crippen LogP contribution in [-0.4, -0.2) is 89.7 Å². The van der Waals surface area contributed by atoms with Crippen molar-refractivity contribution in [1.29, 1.82) is 0 Å². The number of amides is 2. The molecule has 4 aromatic rings. The first-order valence-corrected chi connectivity index (χ1v) is 15.4. The molecule has 2 fully saturated rings. The highest BCUT2D eigenvalue weighted by Crippen LogP contribution is 2.42. The molecule has 4 heterocycles. The van der Waals surface area contributed by atoms with Crippen LogP contribution in [0.15, 0.2) is 42.7 Å². The van der Waals surface area contributed by atoms with Crippen LogP contribution in [0.4, 0.5) is 14.5 Å². The highest BCUT2D eigenvalue weighted by atomic mass is 35.5. The molecule has 2 N–H and O–H groups in total. The minimum absolute atomic E-state index is 0.0146. The monoisotopic (exact) mass is 623 g/mol. The smallest absolute Gasteiger partial charge is 0.269 e. The van der Waals surface area contributed by atoms with Gasteiger partial charge in [-0.1, -0.05) is 11.6 Å². The van der Waals surface area contributed by atoms with Gasteiger partial charge in [-0.05, 0) is 54.3 Å². The molecule has 2 aliphatic rings. The fourth-order valence-corrected chi connectivity index (χ4v) is 6.57. The second kappa shape index (κ2) is 12.6. The highest BCUT2D eigenvalue weighted by molar-refractivity contribution is 6.34. The van der Waals surface area contributed by atoms with E-state index in [1.54, 1.807) is 48.1 Å². The molecule has 0 aliphatic carbocycles. The number of halogens is 3. The van der Waals surface area contributed by atoms with Crippen LogP contribution in [-0.2, 0) is 11.3 Å². The van der Waals surface area contributed by atoms with E-state index < -0.39 is 11.6 Å². The number of nitrogens with zero attached hydrogens (tertiary/aromatic N) is 5. The lowest BCUT2D eigenvalue weighted by Gasteiger charge is -2.33. The van der Waals surface area contributed by atoms with Gasteiger partial charge in [-0.15, -0.1) is 0 Å². The summed E-state index contributed by atoms with van der Waals surface area (Å²) < 4.78 is 33.8. The summed E-state index contributed by atoms with van der Waals surface area (Å²) in [7, 11) is 3.25. The largest absolute Gasteiger partial charge is 0.367 e. The van der Waals surface area contributed by atoms with E-state index in [1.165, 1.54) is 11.0 Å². The molecular formula is C32H36ClF2N7O2. The Kier molecular flexibility index (Phi) is 8.59. The fourth-order valence-electron chi connectivity index (χ4n) is 6.31. The van der Waals surface area contributed by atoms with Gasteiger partial charge in [0.2, 0.25) is 5.91 Å². The van der Waals surface area contributed by atoms with Crippen LogP contribution in [0.2, 0.25) is 5.02 Å². The number of likely N-dealkylation sites (tertiary alicyclic amines) is 1. The number of aromatic nitrogens is 3. The molecule has 0 spiro atoms. The van der Waals surface area contributed by atoms with Gasteiger partial charge in [0.15, 0.2) is 5.82 Å². The lowest BCUT2D eigenvalue weighted by molar-refractivity contribution is -0.132. The zero-order valence-corrected chi connectivity index (χ0v) is 25.6. The average Bonchev–Trinajstić information content (AvgIpc) is 3.72. The van der Waals surface area contributed by atoms with E-state index in [1.807, 2.05) is 17.2 Å². The number of piperidine rings is 1. The molecule has 2 aromatic carbocycles. The van der Waals surface area contributed by atoms with Gasteiger partial charge < -0.3 is 25.0 Å². The first-order chi connectivity index (χ1) is 21.2. The number of hydrogen-bond acceptors (Lipinski definition) is 5. The molecule has 2 aromatic heterocycles. The van der Waals surface area contributed by atoms with Crippen molar-refractivity contribution in [3.05, 3.63) is 70.6 Å². The van der Waals surface area contributed by atoms with Crippen LogP contribution >= 0.6 is 11.6 Å². The summed E-state index contributed by atoms with van der Waals surface area (Å²) in [5.41, 5.74) is 2.16. The molecular weight excluding hydrogens is 588 g/mol. The lowest BCUT2D eigenvalue weighted by Crippen LogP contribution is -2.43. The van der Waals surface area contributed by atoms with E-state index in [2.05, 4.69) is 15.4 Å². The molecule has 1 atom stereocenters. The zero-order valence-electron chi connectivity index (χ0n) is 24.9. The standard InChI is InChI=1S/C32H36ClF2N7O2/c1-39(2)32(44)27-17-24-22(23-16-26(34)28(18-25(23)33)40-13-8-36-9-14-40)15-21(30(35)31(24)38-27)20-5-3-10-41(19-20)29(43)6-12-42-11-4-7-37-42/h4,7,11,15-18,20,36,38H,3,5-6,8-10,12-14,19H2,1-2H3/t20-/m0/s1. The van der Waals surface area contributed by atoms with Crippen molar-refractivity contribution in [2.45, 2.75) is 31.7 Å². The van der Waals surface area contributed by atoms with Crippen molar-refractivity contribution in [2.75, 3.05) is 58.3 Å². The number of hydrogen-bond donors (Lipinski definition) is 2. The van der Waals surface area contributed by atoms with Crippen LogP contribution < -0.4 is 10.2 Å². The van der Waals surface area contributed by atoms with Crippen molar-refractivity contribution in [3.63, 3.8) is 0 Å². The Morgan fingerprint density at radius 3 is 2.61 bits per heavy atom. The zero-order chi connectivity index (χ0) is 31.0. The number of anilines is 1. The minimum Gasteiger partial charge on any atom is -0.367 e. The Morgan fingerprint density at radius 1 is 1.09 bits per heavy atom. The van der Waals surface area contributed by atoms with E-state index in [9.17, 15) is 9.59 Å². The number of fused-ring (bicyclic) bond motifs is 1. The van der Waals surface area contributed by atoms with Crippen LogP contribution in [0.3, 0.4) is 0 Å². The Labute approximate surface area is 259 Å². The second-order valence-electron chi connectivity index (χ2n) is 11.7. The van der Waals surface area contributed by atoms with Gasteiger partial charge in [-0.25, -0.2) is 8.78 Å². The van der Waals surface area contributed by atoms with Gasteiger partial charge in [0.25, 0.3) is 5.91 Å². The third kappa shape index (κ3) is 5.90. The number of benzene rings is 2. The molecule has 0 bridgehead atoms. The predicted molar refractivity (Wildman–Crippen MR) is 167 cm³/mol. The van der Waals surface area contributed by atoms with Crippen molar-refractivity contribution in [3.8, 4) is 11.1 Å². The van der Waals surface area contributed by atoms with E-state index in [-0.39, 0.29) is 28.9 Å². The molecule has 6 rings (SSSR count). The number of aromatic amines is 1. The molecule has 9 nitrogen and oxygen atoms in total. The molecule has 232 valence electrons. The van der Waals surface area contributed by atoms with Crippen molar-refractivity contribution in [1.82, 2.24) is 29.9 Å². The van der Waals surface area contributed by atoms with Crippen molar-refractivity contribution < 1.29 is 18.4 Å². The Bertz CT molecular complexity index is 1680. The Balaban J connectivity index is 1.39. The van der Waals surface area contributed by atoms with Crippen LogP contribution in [0.1, 0.15) is 41.2 Å². The van der Waals surface area contributed by atoms with Crippen LogP contribution in [0.25, 0.3) is 22.0 Å². The third-order valence-electron chi connectivity index (χ3n) is 8.63. The van der Waals surface area contributed by atoms with Gasteiger partial charge in [0.05, 0.1) is 16.2 Å². The number of nitrogens with one attached hydrogen (secondary N) is 2. The number of carbonyl (C=O) groups excluding carboxylic acids is 2. The van der Waals surface area contributed by atoms with E-state index in [4.69, 9.17) is 11.6 Å². The SMILES string of the molecule is CN(C)C(=O)c1cc2c(-c3cc(F)c(N4CCNCC4)cc3Cl)cc([C@H]3CCCN(C(=O)CCn4cccn4)C3)c(F)c2[nH]1. The summed E-state index contributed by atoms with van der Waals surface area (Å²) >= 11 is 6.85. The first-order valence-electron chi connectivity index (χ1n) is 15.0. The van der Waals surface area contributed by atoms with Gasteiger partial charge in [-0.3, -0.25) is 14.3 Å². The van der Waals surface area contributed by atoms with E-state index in [0.717, 1.165) is 19.5 Å². The maximum Gasteiger partial charge on any atom is 0.269 e. The average molecular weight is 624 g/mol.